The number of imidazole rings is 1. The highest BCUT2D eigenvalue weighted by Gasteiger charge is 2.35. The second-order valence-corrected chi connectivity index (χ2v) is 8.37. The van der Waals surface area contributed by atoms with E-state index in [-0.39, 0.29) is 29.0 Å². The minimum absolute atomic E-state index is 0.0995. The van der Waals surface area contributed by atoms with E-state index in [2.05, 4.69) is 9.97 Å². The number of amides is 2. The normalized spacial score (nSPS) is 14.9. The van der Waals surface area contributed by atoms with Crippen LogP contribution in [0.3, 0.4) is 0 Å². The van der Waals surface area contributed by atoms with Gasteiger partial charge >= 0.3 is 0 Å². The highest BCUT2D eigenvalue weighted by atomic mass is 35.5. The van der Waals surface area contributed by atoms with Crippen molar-refractivity contribution < 1.29 is 14.0 Å². The molecule has 1 aliphatic carbocycles. The van der Waals surface area contributed by atoms with Gasteiger partial charge in [-0.05, 0) is 47.7 Å². The Morgan fingerprint density at radius 1 is 1.27 bits per heavy atom. The molecule has 0 radical (unpaired) electrons. The first-order chi connectivity index (χ1) is 15.9. The largest absolute Gasteiger partial charge is 0.366 e. The zero-order valence-electron chi connectivity index (χ0n) is 17.4. The summed E-state index contributed by atoms with van der Waals surface area (Å²) in [7, 11) is 0. The van der Waals surface area contributed by atoms with Gasteiger partial charge in [-0.1, -0.05) is 29.8 Å². The van der Waals surface area contributed by atoms with E-state index in [1.807, 2.05) is 0 Å². The molecule has 4 aromatic rings. The van der Waals surface area contributed by atoms with Crippen molar-refractivity contribution in [2.24, 2.45) is 5.73 Å². The minimum Gasteiger partial charge on any atom is -0.366 e. The van der Waals surface area contributed by atoms with Crippen molar-refractivity contribution in [1.29, 1.82) is 0 Å². The van der Waals surface area contributed by atoms with Gasteiger partial charge in [0.2, 0.25) is 5.91 Å². The third kappa shape index (κ3) is 3.82. The van der Waals surface area contributed by atoms with Crippen molar-refractivity contribution in [2.75, 3.05) is 0 Å². The van der Waals surface area contributed by atoms with Gasteiger partial charge in [-0.15, -0.1) is 0 Å². The van der Waals surface area contributed by atoms with Crippen LogP contribution in [0.25, 0.3) is 5.65 Å². The predicted octanol–water partition coefficient (Wildman–Crippen LogP) is 3.95. The van der Waals surface area contributed by atoms with Gasteiger partial charge in [0.1, 0.15) is 11.5 Å². The van der Waals surface area contributed by atoms with Crippen molar-refractivity contribution in [3.05, 3.63) is 100.0 Å². The summed E-state index contributed by atoms with van der Waals surface area (Å²) in [5.74, 6) is -1.32. The highest BCUT2D eigenvalue weighted by molar-refractivity contribution is 6.30. The van der Waals surface area contributed by atoms with Crippen molar-refractivity contribution in [1.82, 2.24) is 19.3 Å². The van der Waals surface area contributed by atoms with Crippen LogP contribution < -0.4 is 5.73 Å². The molecular weight excluding hydrogens is 445 g/mol. The summed E-state index contributed by atoms with van der Waals surface area (Å²) in [5.41, 5.74) is 8.44. The summed E-state index contributed by atoms with van der Waals surface area (Å²) in [6.07, 6.45) is 7.48. The molecule has 0 bridgehead atoms. The van der Waals surface area contributed by atoms with Crippen LogP contribution in [0.2, 0.25) is 5.02 Å². The molecule has 2 aromatic carbocycles. The van der Waals surface area contributed by atoms with E-state index in [1.165, 1.54) is 6.07 Å². The van der Waals surface area contributed by atoms with Gasteiger partial charge in [0.25, 0.3) is 5.91 Å². The van der Waals surface area contributed by atoms with Gasteiger partial charge in [0, 0.05) is 35.7 Å². The Labute approximate surface area is 193 Å². The molecule has 2 aromatic heterocycles. The molecule has 2 N–H and O–H groups in total. The number of nitrogens with two attached hydrogens (primary N) is 1. The van der Waals surface area contributed by atoms with E-state index >= 15 is 0 Å². The average molecular weight is 464 g/mol. The molecule has 0 spiro atoms. The number of primary amides is 1. The minimum atomic E-state index is -0.585. The first-order valence-electron chi connectivity index (χ1n) is 10.4. The van der Waals surface area contributed by atoms with E-state index in [0.717, 1.165) is 0 Å². The molecule has 0 unspecified atom stereocenters. The zero-order valence-corrected chi connectivity index (χ0v) is 18.2. The third-order valence-corrected chi connectivity index (χ3v) is 6.18. The Balaban J connectivity index is 1.61. The average Bonchev–Trinajstić information content (AvgIpc) is 3.41. The van der Waals surface area contributed by atoms with E-state index in [4.69, 9.17) is 17.3 Å². The molecule has 0 saturated carbocycles. The van der Waals surface area contributed by atoms with Crippen LogP contribution in [0.5, 0.6) is 0 Å². The van der Waals surface area contributed by atoms with Crippen LogP contribution in [0.1, 0.15) is 50.0 Å². The van der Waals surface area contributed by atoms with Crippen molar-refractivity contribution in [3.8, 4) is 0 Å². The summed E-state index contributed by atoms with van der Waals surface area (Å²) in [6.45, 7) is 0.0995. The van der Waals surface area contributed by atoms with Crippen LogP contribution in [-0.4, -0.2) is 31.1 Å². The maximum atomic E-state index is 14.6. The zero-order chi connectivity index (χ0) is 23.1. The number of rotatable bonds is 5. The van der Waals surface area contributed by atoms with E-state index in [1.54, 1.807) is 64.4 Å². The monoisotopic (exact) mass is 463 g/mol. The van der Waals surface area contributed by atoms with Gasteiger partial charge in [0.05, 0.1) is 12.2 Å². The van der Waals surface area contributed by atoms with Crippen molar-refractivity contribution in [2.45, 2.75) is 25.4 Å². The van der Waals surface area contributed by atoms with Gasteiger partial charge < -0.3 is 15.0 Å². The standard InChI is InChI=1S/C24H19ClFN5O2/c25-15-9-18-17(19(26)10-15)5-6-21(18)31(12-14-3-1-2-4-16(14)23(27)32)24(33)20-13-30-8-7-28-11-22(30)29-20/h1-4,7-11,13,21H,5-6,12H2,(H2,27,32)/t21-/m1/s1. The lowest BCUT2D eigenvalue weighted by molar-refractivity contribution is 0.0651. The maximum absolute atomic E-state index is 14.6. The number of benzene rings is 2. The Hall–Kier alpha value is -3.78. The topological polar surface area (TPSA) is 93.6 Å². The lowest BCUT2D eigenvalue weighted by Crippen LogP contribution is -2.34. The second-order valence-electron chi connectivity index (χ2n) is 7.93. The number of halogens is 2. The predicted molar refractivity (Wildman–Crippen MR) is 120 cm³/mol. The molecule has 7 nitrogen and oxygen atoms in total. The second kappa shape index (κ2) is 8.29. The van der Waals surface area contributed by atoms with E-state index < -0.39 is 11.9 Å². The smallest absolute Gasteiger partial charge is 0.274 e. The van der Waals surface area contributed by atoms with Crippen LogP contribution >= 0.6 is 11.6 Å². The SMILES string of the molecule is NC(=O)c1ccccc1CN(C(=O)c1cn2ccncc2n1)[C@@H]1CCc2c(F)cc(Cl)cc21. The van der Waals surface area contributed by atoms with Gasteiger partial charge in [-0.3, -0.25) is 14.6 Å². The summed E-state index contributed by atoms with van der Waals surface area (Å²) in [5, 5.41) is 0.266. The summed E-state index contributed by atoms with van der Waals surface area (Å²) < 4.78 is 16.3. The fraction of sp³-hybridized carbons (Fsp3) is 0.167. The highest BCUT2D eigenvalue weighted by Crippen LogP contribution is 2.40. The molecular formula is C24H19ClFN5O2. The fourth-order valence-corrected chi connectivity index (χ4v) is 4.66. The molecule has 33 heavy (non-hydrogen) atoms. The maximum Gasteiger partial charge on any atom is 0.274 e. The Morgan fingerprint density at radius 3 is 2.88 bits per heavy atom. The number of carbonyl (C=O) groups excluding carboxylic acids is 2. The Morgan fingerprint density at radius 2 is 2.09 bits per heavy atom. The number of nitrogens with zero attached hydrogens (tertiary/aromatic N) is 4. The molecule has 1 aliphatic rings. The van der Waals surface area contributed by atoms with Crippen LogP contribution in [0.15, 0.2) is 61.2 Å². The molecule has 5 rings (SSSR count). The molecule has 2 heterocycles. The van der Waals surface area contributed by atoms with Gasteiger partial charge in [-0.2, -0.15) is 0 Å². The number of carbonyl (C=O) groups is 2. The molecule has 0 aliphatic heterocycles. The van der Waals surface area contributed by atoms with E-state index in [0.29, 0.717) is 40.7 Å². The number of hydrogen-bond acceptors (Lipinski definition) is 4. The molecule has 1 atom stereocenters. The first kappa shape index (κ1) is 21.1. The first-order valence-corrected chi connectivity index (χ1v) is 10.8. The summed E-state index contributed by atoms with van der Waals surface area (Å²) in [6, 6.07) is 9.41. The number of fused-ring (bicyclic) bond motifs is 2. The lowest BCUT2D eigenvalue weighted by atomic mass is 10.0. The quantitative estimate of drug-likeness (QED) is 0.485. The Bertz CT molecular complexity index is 1370. The van der Waals surface area contributed by atoms with Crippen LogP contribution in [0.4, 0.5) is 4.39 Å². The van der Waals surface area contributed by atoms with Crippen molar-refractivity contribution in [3.63, 3.8) is 0 Å². The third-order valence-electron chi connectivity index (χ3n) is 5.97. The van der Waals surface area contributed by atoms with Gasteiger partial charge in [0.15, 0.2) is 5.65 Å². The lowest BCUT2D eigenvalue weighted by Gasteiger charge is -2.30. The molecule has 0 saturated heterocycles. The van der Waals surface area contributed by atoms with E-state index in [9.17, 15) is 14.0 Å². The van der Waals surface area contributed by atoms with Gasteiger partial charge in [-0.25, -0.2) is 9.37 Å². The van der Waals surface area contributed by atoms with Crippen LogP contribution in [0, 0.1) is 5.82 Å². The fourth-order valence-electron chi connectivity index (χ4n) is 4.44. The van der Waals surface area contributed by atoms with Crippen molar-refractivity contribution >= 4 is 29.1 Å². The molecule has 9 heteroatoms. The molecule has 2 amide bonds. The summed E-state index contributed by atoms with van der Waals surface area (Å²) >= 11 is 6.15. The molecule has 0 fully saturated rings. The number of aromatic nitrogens is 3. The van der Waals surface area contributed by atoms with Crippen LogP contribution in [-0.2, 0) is 13.0 Å². The number of hydrogen-bond donors (Lipinski definition) is 1. The Kier molecular flexibility index (Phi) is 5.30. The summed E-state index contributed by atoms with van der Waals surface area (Å²) in [4.78, 5) is 35.8. The molecule has 166 valence electrons.